The van der Waals surface area contributed by atoms with Gasteiger partial charge in [0.2, 0.25) is 5.95 Å². The standard InChI is InChI=1S/C22H24N8O2/c1-31-19-8-7-17(13-20(19)32-2)30-21-18(27-28-30)14-24-22(26-21)25-15-3-5-16(6-4-15)29-11-9-23-10-12-29/h3-8,13-14,23H,9-12H2,1-2H3,(H,24,25,26). The summed E-state index contributed by atoms with van der Waals surface area (Å²) in [5, 5.41) is 15.1. The van der Waals surface area contributed by atoms with Gasteiger partial charge in [-0.15, -0.1) is 5.10 Å². The molecule has 4 aromatic rings. The molecular formula is C22H24N8O2. The summed E-state index contributed by atoms with van der Waals surface area (Å²) in [4.78, 5) is 11.4. The number of nitrogens with zero attached hydrogens (tertiary/aromatic N) is 6. The Morgan fingerprint density at radius 1 is 0.938 bits per heavy atom. The van der Waals surface area contributed by atoms with Crippen molar-refractivity contribution in [1.29, 1.82) is 0 Å². The van der Waals surface area contributed by atoms with Crippen LogP contribution in [-0.4, -0.2) is 65.4 Å². The monoisotopic (exact) mass is 432 g/mol. The number of benzene rings is 2. The van der Waals surface area contributed by atoms with E-state index in [1.165, 1.54) is 5.69 Å². The molecule has 10 nitrogen and oxygen atoms in total. The third kappa shape index (κ3) is 3.87. The third-order valence-electron chi connectivity index (χ3n) is 5.41. The van der Waals surface area contributed by atoms with Crippen LogP contribution in [0.15, 0.2) is 48.7 Å². The van der Waals surface area contributed by atoms with Crippen LogP contribution in [0.4, 0.5) is 17.3 Å². The summed E-state index contributed by atoms with van der Waals surface area (Å²) < 4.78 is 12.4. The van der Waals surface area contributed by atoms with Crippen LogP contribution in [0.2, 0.25) is 0 Å². The quantitative estimate of drug-likeness (QED) is 0.475. The molecule has 2 aromatic heterocycles. The Bertz CT molecular complexity index is 1220. The molecule has 3 heterocycles. The van der Waals surface area contributed by atoms with Crippen molar-refractivity contribution in [3.05, 3.63) is 48.7 Å². The zero-order valence-corrected chi connectivity index (χ0v) is 17.9. The van der Waals surface area contributed by atoms with Gasteiger partial charge in [-0.05, 0) is 36.4 Å². The first-order valence-electron chi connectivity index (χ1n) is 10.4. The Kier molecular flexibility index (Phi) is 5.42. The van der Waals surface area contributed by atoms with Crippen LogP contribution in [-0.2, 0) is 0 Å². The van der Waals surface area contributed by atoms with E-state index in [0.29, 0.717) is 28.6 Å². The molecule has 0 amide bonds. The minimum atomic E-state index is 0.469. The number of aromatic nitrogens is 5. The smallest absolute Gasteiger partial charge is 0.229 e. The second kappa shape index (κ2) is 8.67. The third-order valence-corrected chi connectivity index (χ3v) is 5.41. The summed E-state index contributed by atoms with van der Waals surface area (Å²) in [5.41, 5.74) is 4.07. The molecule has 32 heavy (non-hydrogen) atoms. The first-order chi connectivity index (χ1) is 15.7. The highest BCUT2D eigenvalue weighted by molar-refractivity contribution is 5.73. The van der Waals surface area contributed by atoms with Crippen LogP contribution < -0.4 is 25.0 Å². The molecule has 1 saturated heterocycles. The molecule has 0 radical (unpaired) electrons. The predicted octanol–water partition coefficient (Wildman–Crippen LogP) is 2.38. The average molecular weight is 432 g/mol. The molecule has 1 aliphatic heterocycles. The van der Waals surface area contributed by atoms with Gasteiger partial charge in [0.05, 0.1) is 26.1 Å². The van der Waals surface area contributed by atoms with E-state index in [-0.39, 0.29) is 0 Å². The van der Waals surface area contributed by atoms with Gasteiger partial charge in [-0.1, -0.05) is 5.21 Å². The predicted molar refractivity (Wildman–Crippen MR) is 122 cm³/mol. The molecule has 164 valence electrons. The fraction of sp³-hybridized carbons (Fsp3) is 0.273. The highest BCUT2D eigenvalue weighted by atomic mass is 16.5. The van der Waals surface area contributed by atoms with Crippen LogP contribution in [0.25, 0.3) is 16.9 Å². The highest BCUT2D eigenvalue weighted by Crippen LogP contribution is 2.30. The lowest BCUT2D eigenvalue weighted by atomic mass is 10.2. The van der Waals surface area contributed by atoms with Crippen molar-refractivity contribution in [1.82, 2.24) is 30.3 Å². The molecule has 1 aliphatic rings. The van der Waals surface area contributed by atoms with Crippen LogP contribution in [0.3, 0.4) is 0 Å². The summed E-state index contributed by atoms with van der Waals surface area (Å²) in [6.45, 7) is 4.05. The zero-order valence-electron chi connectivity index (χ0n) is 17.9. The van der Waals surface area contributed by atoms with E-state index in [9.17, 15) is 0 Å². The number of rotatable bonds is 6. The summed E-state index contributed by atoms with van der Waals surface area (Å²) in [7, 11) is 3.20. The largest absolute Gasteiger partial charge is 0.493 e. The first-order valence-corrected chi connectivity index (χ1v) is 10.4. The number of methoxy groups -OCH3 is 2. The minimum absolute atomic E-state index is 0.469. The van der Waals surface area contributed by atoms with Crippen LogP contribution in [0, 0.1) is 0 Å². The summed E-state index contributed by atoms with van der Waals surface area (Å²) in [6, 6.07) is 13.8. The molecule has 1 fully saturated rings. The molecule has 10 heteroatoms. The van der Waals surface area contributed by atoms with E-state index >= 15 is 0 Å². The number of anilines is 3. The molecular weight excluding hydrogens is 408 g/mol. The lowest BCUT2D eigenvalue weighted by Gasteiger charge is -2.29. The molecule has 0 aliphatic carbocycles. The first kappa shape index (κ1) is 20.0. The lowest BCUT2D eigenvalue weighted by Crippen LogP contribution is -2.43. The van der Waals surface area contributed by atoms with Gasteiger partial charge in [0.1, 0.15) is 0 Å². The van der Waals surface area contributed by atoms with Gasteiger partial charge < -0.3 is 25.0 Å². The maximum atomic E-state index is 5.40. The number of hydrogen-bond donors (Lipinski definition) is 2. The Labute approximate surface area is 185 Å². The van der Waals surface area contributed by atoms with E-state index in [4.69, 9.17) is 9.47 Å². The van der Waals surface area contributed by atoms with E-state index in [1.807, 2.05) is 30.3 Å². The Morgan fingerprint density at radius 3 is 2.44 bits per heavy atom. The fourth-order valence-corrected chi connectivity index (χ4v) is 3.73. The Balaban J connectivity index is 1.40. The minimum Gasteiger partial charge on any atom is -0.493 e. The van der Waals surface area contributed by atoms with Crippen LogP contribution >= 0.6 is 0 Å². The van der Waals surface area contributed by atoms with Gasteiger partial charge in [-0.25, -0.2) is 4.98 Å². The van der Waals surface area contributed by atoms with Crippen molar-refractivity contribution < 1.29 is 9.47 Å². The second-order valence-electron chi connectivity index (χ2n) is 7.35. The van der Waals surface area contributed by atoms with E-state index in [0.717, 1.165) is 37.6 Å². The maximum absolute atomic E-state index is 5.40. The average Bonchev–Trinajstić information content (AvgIpc) is 3.28. The summed E-state index contributed by atoms with van der Waals surface area (Å²) in [5.74, 6) is 1.71. The SMILES string of the molecule is COc1ccc(-n2nnc3cnc(Nc4ccc(N5CCNCC5)cc4)nc32)cc1OC. The van der Waals surface area contributed by atoms with E-state index < -0.39 is 0 Å². The van der Waals surface area contributed by atoms with Gasteiger partial charge in [-0.2, -0.15) is 9.67 Å². The van der Waals surface area contributed by atoms with Gasteiger partial charge in [-0.3, -0.25) is 0 Å². The Hall–Kier alpha value is -3.92. The molecule has 2 N–H and O–H groups in total. The van der Waals surface area contributed by atoms with Crippen molar-refractivity contribution >= 4 is 28.5 Å². The van der Waals surface area contributed by atoms with Crippen molar-refractivity contribution in [2.24, 2.45) is 0 Å². The molecule has 0 unspecified atom stereocenters. The molecule has 2 aromatic carbocycles. The number of fused-ring (bicyclic) bond motifs is 1. The van der Waals surface area contributed by atoms with Gasteiger partial charge in [0.25, 0.3) is 0 Å². The molecule has 0 bridgehead atoms. The van der Waals surface area contributed by atoms with Crippen molar-refractivity contribution in [2.45, 2.75) is 0 Å². The van der Waals surface area contributed by atoms with Gasteiger partial charge in [0, 0.05) is 43.6 Å². The fourth-order valence-electron chi connectivity index (χ4n) is 3.73. The molecule has 5 rings (SSSR count). The number of piperazine rings is 1. The summed E-state index contributed by atoms with van der Waals surface area (Å²) >= 11 is 0. The van der Waals surface area contributed by atoms with Crippen LogP contribution in [0.5, 0.6) is 11.5 Å². The molecule has 0 atom stereocenters. The number of ether oxygens (including phenoxy) is 2. The normalized spacial score (nSPS) is 13.9. The van der Waals surface area contributed by atoms with Gasteiger partial charge in [0.15, 0.2) is 22.7 Å². The van der Waals surface area contributed by atoms with E-state index in [2.05, 4.69) is 47.9 Å². The topological polar surface area (TPSA) is 102 Å². The molecule has 0 saturated carbocycles. The molecule has 0 spiro atoms. The summed E-state index contributed by atoms with van der Waals surface area (Å²) in [6.07, 6.45) is 1.66. The highest BCUT2D eigenvalue weighted by Gasteiger charge is 2.14. The van der Waals surface area contributed by atoms with E-state index in [1.54, 1.807) is 25.1 Å². The maximum Gasteiger partial charge on any atom is 0.229 e. The number of hydrogen-bond acceptors (Lipinski definition) is 9. The van der Waals surface area contributed by atoms with Crippen molar-refractivity contribution in [2.75, 3.05) is 50.6 Å². The lowest BCUT2D eigenvalue weighted by molar-refractivity contribution is 0.355. The second-order valence-corrected chi connectivity index (χ2v) is 7.35. The van der Waals surface area contributed by atoms with Crippen LogP contribution in [0.1, 0.15) is 0 Å². The van der Waals surface area contributed by atoms with Crippen molar-refractivity contribution in [3.63, 3.8) is 0 Å². The zero-order chi connectivity index (χ0) is 21.9. The number of nitrogens with one attached hydrogen (secondary N) is 2. The van der Waals surface area contributed by atoms with Gasteiger partial charge >= 0.3 is 0 Å². The Morgan fingerprint density at radius 2 is 1.69 bits per heavy atom. The van der Waals surface area contributed by atoms with Crippen molar-refractivity contribution in [3.8, 4) is 17.2 Å².